The molecule has 0 spiro atoms. The molecule has 3 aromatic rings. The number of nitrogens with one attached hydrogen (secondary N) is 2. The predicted octanol–water partition coefficient (Wildman–Crippen LogP) is 3.26. The standard InChI is InChI=1S/C27H25ClN4O7/c28-22-14-21(39-26(38)18-4-7-20(8-5-18)31-27(29)30)9-6-17(22)10-11-32(15-24(34)35)23(33)13-16-2-1-3-19(12-16)25(36)37/h1-9,12,14H,10-11,13,15H2,(H,34,35)(H,36,37)(H4,29,30,31). The number of esters is 1. The normalized spacial score (nSPS) is 10.4. The number of ether oxygens (including phenoxy) is 1. The number of carboxylic acid groups (broad SMARTS) is 2. The second-order valence-corrected chi connectivity index (χ2v) is 8.81. The summed E-state index contributed by atoms with van der Waals surface area (Å²) in [4.78, 5) is 49.0. The minimum absolute atomic E-state index is 0.0275. The molecule has 0 aliphatic rings. The molecule has 0 bridgehead atoms. The number of amides is 1. The maximum Gasteiger partial charge on any atom is 0.343 e. The van der Waals surface area contributed by atoms with Crippen molar-refractivity contribution < 1.29 is 34.1 Å². The molecule has 0 radical (unpaired) electrons. The summed E-state index contributed by atoms with van der Waals surface area (Å²) in [6.07, 6.45) is 0.0642. The lowest BCUT2D eigenvalue weighted by atomic mass is 10.1. The Balaban J connectivity index is 1.63. The SMILES string of the molecule is N=C(N)Nc1ccc(C(=O)Oc2ccc(CCN(CC(=O)O)C(=O)Cc3cccc(C(=O)O)c3)c(Cl)c2)cc1. The first-order chi connectivity index (χ1) is 18.5. The number of carbonyl (C=O) groups excluding carboxylic acids is 2. The molecule has 0 heterocycles. The molecule has 0 unspecified atom stereocenters. The Morgan fingerprint density at radius 1 is 0.974 bits per heavy atom. The van der Waals surface area contributed by atoms with E-state index in [4.69, 9.17) is 32.6 Å². The van der Waals surface area contributed by atoms with E-state index in [9.17, 15) is 24.3 Å². The smallest absolute Gasteiger partial charge is 0.343 e. The molecule has 1 amide bonds. The third kappa shape index (κ3) is 8.58. The van der Waals surface area contributed by atoms with Crippen molar-refractivity contribution in [3.63, 3.8) is 0 Å². The van der Waals surface area contributed by atoms with Crippen LogP contribution >= 0.6 is 11.6 Å². The van der Waals surface area contributed by atoms with Gasteiger partial charge in [0.15, 0.2) is 5.96 Å². The van der Waals surface area contributed by atoms with Gasteiger partial charge in [-0.05, 0) is 66.1 Å². The Morgan fingerprint density at radius 3 is 2.31 bits per heavy atom. The van der Waals surface area contributed by atoms with E-state index in [1.54, 1.807) is 24.3 Å². The molecule has 0 atom stereocenters. The van der Waals surface area contributed by atoms with Gasteiger partial charge in [-0.2, -0.15) is 0 Å². The number of nitrogens with two attached hydrogens (primary N) is 1. The molecule has 0 saturated carbocycles. The first-order valence-corrected chi connectivity index (χ1v) is 11.9. The van der Waals surface area contributed by atoms with Gasteiger partial charge in [0.2, 0.25) is 5.91 Å². The molecule has 0 aromatic heterocycles. The summed E-state index contributed by atoms with van der Waals surface area (Å²) in [5, 5.41) is 28.5. The highest BCUT2D eigenvalue weighted by atomic mass is 35.5. The van der Waals surface area contributed by atoms with Crippen molar-refractivity contribution in [1.82, 2.24) is 4.90 Å². The largest absolute Gasteiger partial charge is 0.480 e. The fourth-order valence-electron chi connectivity index (χ4n) is 3.62. The summed E-state index contributed by atoms with van der Waals surface area (Å²) >= 11 is 6.37. The van der Waals surface area contributed by atoms with Crippen LogP contribution in [0.2, 0.25) is 5.02 Å². The average Bonchev–Trinajstić information content (AvgIpc) is 2.87. The van der Waals surface area contributed by atoms with Gasteiger partial charge in [-0.1, -0.05) is 29.8 Å². The molecule has 39 heavy (non-hydrogen) atoms. The van der Waals surface area contributed by atoms with Crippen LogP contribution in [0, 0.1) is 5.41 Å². The lowest BCUT2D eigenvalue weighted by Crippen LogP contribution is -2.38. The molecule has 0 fully saturated rings. The van der Waals surface area contributed by atoms with Gasteiger partial charge in [0.1, 0.15) is 12.3 Å². The quantitative estimate of drug-likeness (QED) is 0.103. The van der Waals surface area contributed by atoms with Crippen molar-refractivity contribution in [1.29, 1.82) is 5.41 Å². The molecule has 11 nitrogen and oxygen atoms in total. The van der Waals surface area contributed by atoms with Crippen LogP contribution in [0.3, 0.4) is 0 Å². The van der Waals surface area contributed by atoms with Crippen LogP contribution in [0.15, 0.2) is 66.7 Å². The number of nitrogens with zero attached hydrogens (tertiary/aromatic N) is 1. The molecule has 202 valence electrons. The number of benzene rings is 3. The van der Waals surface area contributed by atoms with Gasteiger partial charge >= 0.3 is 17.9 Å². The topological polar surface area (TPSA) is 183 Å². The van der Waals surface area contributed by atoms with E-state index in [0.717, 1.165) is 4.90 Å². The third-order valence-electron chi connectivity index (χ3n) is 5.49. The van der Waals surface area contributed by atoms with Gasteiger partial charge in [0.05, 0.1) is 17.5 Å². The molecule has 12 heteroatoms. The van der Waals surface area contributed by atoms with Gasteiger partial charge in [-0.15, -0.1) is 0 Å². The highest BCUT2D eigenvalue weighted by molar-refractivity contribution is 6.31. The maximum atomic E-state index is 12.8. The van der Waals surface area contributed by atoms with E-state index in [0.29, 0.717) is 16.8 Å². The lowest BCUT2D eigenvalue weighted by Gasteiger charge is -2.21. The van der Waals surface area contributed by atoms with Crippen LogP contribution in [0.4, 0.5) is 5.69 Å². The highest BCUT2D eigenvalue weighted by Gasteiger charge is 2.19. The zero-order chi connectivity index (χ0) is 28.5. The van der Waals surface area contributed by atoms with Gasteiger partial charge in [-0.3, -0.25) is 15.0 Å². The Bertz CT molecular complexity index is 1410. The van der Waals surface area contributed by atoms with E-state index in [2.05, 4.69) is 5.32 Å². The summed E-state index contributed by atoms with van der Waals surface area (Å²) in [5.41, 5.74) is 7.16. The van der Waals surface area contributed by atoms with Crippen molar-refractivity contribution in [3.8, 4) is 5.75 Å². The van der Waals surface area contributed by atoms with E-state index < -0.39 is 30.4 Å². The number of aliphatic carboxylic acids is 1. The number of rotatable bonds is 11. The molecule has 3 aromatic carbocycles. The number of guanidine groups is 1. The van der Waals surface area contributed by atoms with Gasteiger partial charge in [0, 0.05) is 17.3 Å². The minimum Gasteiger partial charge on any atom is -0.480 e. The number of hydrogen-bond acceptors (Lipinski definition) is 6. The monoisotopic (exact) mass is 552 g/mol. The second-order valence-electron chi connectivity index (χ2n) is 8.40. The summed E-state index contributed by atoms with van der Waals surface area (Å²) in [6.45, 7) is -0.491. The molecule has 0 saturated heterocycles. The van der Waals surface area contributed by atoms with Crippen molar-refractivity contribution in [2.45, 2.75) is 12.8 Å². The fourth-order valence-corrected chi connectivity index (χ4v) is 3.88. The average molecular weight is 553 g/mol. The van der Waals surface area contributed by atoms with Gasteiger partial charge in [-0.25, -0.2) is 9.59 Å². The summed E-state index contributed by atoms with van der Waals surface area (Å²) in [7, 11) is 0. The van der Waals surface area contributed by atoms with Crippen LogP contribution < -0.4 is 15.8 Å². The van der Waals surface area contributed by atoms with E-state index in [-0.39, 0.29) is 47.2 Å². The Morgan fingerprint density at radius 2 is 1.69 bits per heavy atom. The van der Waals surface area contributed by atoms with Gasteiger partial charge in [0.25, 0.3) is 0 Å². The number of carbonyl (C=O) groups is 4. The van der Waals surface area contributed by atoms with Crippen molar-refractivity contribution >= 4 is 47.1 Å². The maximum absolute atomic E-state index is 12.8. The third-order valence-corrected chi connectivity index (χ3v) is 5.85. The molecule has 0 aliphatic carbocycles. The summed E-state index contributed by atoms with van der Waals surface area (Å²) in [5.74, 6) is -3.47. The zero-order valence-corrected chi connectivity index (χ0v) is 21.3. The molecule has 6 N–H and O–H groups in total. The van der Waals surface area contributed by atoms with Crippen LogP contribution in [0.1, 0.15) is 31.8 Å². The highest BCUT2D eigenvalue weighted by Crippen LogP contribution is 2.24. The van der Waals surface area contributed by atoms with E-state index in [1.165, 1.54) is 42.5 Å². The lowest BCUT2D eigenvalue weighted by molar-refractivity contribution is -0.144. The summed E-state index contributed by atoms with van der Waals surface area (Å²) < 4.78 is 5.37. The number of anilines is 1. The summed E-state index contributed by atoms with van der Waals surface area (Å²) in [6, 6.07) is 16.6. The van der Waals surface area contributed by atoms with Crippen LogP contribution in [0.25, 0.3) is 0 Å². The van der Waals surface area contributed by atoms with Crippen LogP contribution in [-0.2, 0) is 22.4 Å². The zero-order valence-electron chi connectivity index (χ0n) is 20.5. The van der Waals surface area contributed by atoms with E-state index >= 15 is 0 Å². The van der Waals surface area contributed by atoms with Crippen molar-refractivity contribution in [3.05, 3.63) is 94.0 Å². The number of hydrogen-bond donors (Lipinski definition) is 5. The van der Waals surface area contributed by atoms with Crippen molar-refractivity contribution in [2.75, 3.05) is 18.4 Å². The Labute approximate surface area is 228 Å². The Hall–Kier alpha value is -4.90. The van der Waals surface area contributed by atoms with Crippen LogP contribution in [-0.4, -0.2) is 58.0 Å². The predicted molar refractivity (Wildman–Crippen MR) is 143 cm³/mol. The van der Waals surface area contributed by atoms with Crippen molar-refractivity contribution in [2.24, 2.45) is 5.73 Å². The van der Waals surface area contributed by atoms with Crippen LogP contribution in [0.5, 0.6) is 5.75 Å². The Kier molecular flexibility index (Phi) is 9.60. The van der Waals surface area contributed by atoms with Gasteiger partial charge < -0.3 is 30.9 Å². The first kappa shape index (κ1) is 28.7. The van der Waals surface area contributed by atoms with E-state index in [1.807, 2.05) is 0 Å². The number of carboxylic acids is 2. The first-order valence-electron chi connectivity index (χ1n) is 11.6. The fraction of sp³-hybridized carbons (Fsp3) is 0.148. The number of halogens is 1. The second kappa shape index (κ2) is 13.1. The molecular formula is C27H25ClN4O7. The minimum atomic E-state index is -1.19. The molecule has 0 aliphatic heterocycles. The molecular weight excluding hydrogens is 528 g/mol. The number of aromatic carboxylic acids is 1. The molecule has 3 rings (SSSR count).